The van der Waals surface area contributed by atoms with Crippen LogP contribution in [0.15, 0.2) is 24.3 Å². The topological polar surface area (TPSA) is 49.8 Å². The van der Waals surface area contributed by atoms with Gasteiger partial charge in [-0.25, -0.2) is 4.79 Å². The number of hydrogen-bond acceptors (Lipinski definition) is 2. The zero-order chi connectivity index (χ0) is 12.1. The average molecular weight is 232 g/mol. The van der Waals surface area contributed by atoms with Gasteiger partial charge < -0.3 is 9.84 Å². The van der Waals surface area contributed by atoms with Crippen molar-refractivity contribution in [2.24, 2.45) is 0 Å². The Hall–Kier alpha value is -1.35. The van der Waals surface area contributed by atoms with E-state index in [1.807, 2.05) is 31.2 Å². The van der Waals surface area contributed by atoms with Crippen molar-refractivity contribution in [2.75, 3.05) is 0 Å². The largest absolute Gasteiger partial charge is 0.479 e. The predicted molar refractivity (Wildman–Crippen MR) is 62.8 cm³/mol. The summed E-state index contributed by atoms with van der Waals surface area (Å²) >= 11 is 0. The molecule has 1 unspecified atom stereocenters. The summed E-state index contributed by atoms with van der Waals surface area (Å²) in [4.78, 5) is 11.6. The summed E-state index contributed by atoms with van der Waals surface area (Å²) < 4.78 is 5.74. The molecule has 3 nitrogen and oxygen atoms in total. The molecule has 90 valence electrons. The highest BCUT2D eigenvalue weighted by Crippen LogP contribution is 2.63. The van der Waals surface area contributed by atoms with Crippen LogP contribution in [0.5, 0.6) is 0 Å². The SMILES string of the molecule is Cc1ccc(C2(C(=O)O)OC23CCCC3)cc1. The molecule has 1 aromatic rings. The molecule has 3 rings (SSSR count). The van der Waals surface area contributed by atoms with Crippen molar-refractivity contribution in [3.63, 3.8) is 0 Å². The molecule has 3 heteroatoms. The summed E-state index contributed by atoms with van der Waals surface area (Å²) in [6.07, 6.45) is 3.88. The molecular weight excluding hydrogens is 216 g/mol. The molecular formula is C14H16O3. The first-order chi connectivity index (χ1) is 8.11. The fraction of sp³-hybridized carbons (Fsp3) is 0.500. The Morgan fingerprint density at radius 3 is 2.35 bits per heavy atom. The zero-order valence-electron chi connectivity index (χ0n) is 9.90. The van der Waals surface area contributed by atoms with Crippen LogP contribution in [-0.2, 0) is 15.1 Å². The molecule has 0 amide bonds. The van der Waals surface area contributed by atoms with Crippen molar-refractivity contribution in [3.8, 4) is 0 Å². The number of ether oxygens (including phenoxy) is 1. The van der Waals surface area contributed by atoms with Crippen LogP contribution < -0.4 is 0 Å². The van der Waals surface area contributed by atoms with Gasteiger partial charge in [0.25, 0.3) is 0 Å². The summed E-state index contributed by atoms with van der Waals surface area (Å²) in [6.45, 7) is 2.00. The number of aryl methyl sites for hydroxylation is 1. The molecule has 17 heavy (non-hydrogen) atoms. The number of benzene rings is 1. The van der Waals surface area contributed by atoms with Crippen LogP contribution in [-0.4, -0.2) is 16.7 Å². The second-order valence-electron chi connectivity index (χ2n) is 5.16. The van der Waals surface area contributed by atoms with E-state index in [4.69, 9.17) is 4.74 Å². The van der Waals surface area contributed by atoms with Crippen LogP contribution in [0.2, 0.25) is 0 Å². The van der Waals surface area contributed by atoms with Gasteiger partial charge >= 0.3 is 5.97 Å². The Morgan fingerprint density at radius 2 is 1.82 bits per heavy atom. The van der Waals surface area contributed by atoms with E-state index in [2.05, 4.69) is 0 Å². The monoisotopic (exact) mass is 232 g/mol. The van der Waals surface area contributed by atoms with E-state index in [0.717, 1.165) is 36.8 Å². The van der Waals surface area contributed by atoms with E-state index in [0.29, 0.717) is 0 Å². The predicted octanol–water partition coefficient (Wildman–Crippen LogP) is 2.62. The minimum atomic E-state index is -1.07. The van der Waals surface area contributed by atoms with Crippen molar-refractivity contribution in [1.82, 2.24) is 0 Å². The molecule has 0 radical (unpaired) electrons. The molecule has 2 fully saturated rings. The van der Waals surface area contributed by atoms with Gasteiger partial charge in [-0.05, 0) is 25.3 Å². The van der Waals surface area contributed by atoms with Crippen molar-refractivity contribution >= 4 is 5.97 Å². The van der Waals surface area contributed by atoms with Crippen LogP contribution in [0.25, 0.3) is 0 Å². The van der Waals surface area contributed by atoms with E-state index in [1.165, 1.54) is 0 Å². The van der Waals surface area contributed by atoms with E-state index < -0.39 is 17.2 Å². The van der Waals surface area contributed by atoms with E-state index in [9.17, 15) is 9.90 Å². The second kappa shape index (κ2) is 3.33. The maximum atomic E-state index is 11.6. The summed E-state index contributed by atoms with van der Waals surface area (Å²) in [6, 6.07) is 7.67. The van der Waals surface area contributed by atoms with Crippen molar-refractivity contribution < 1.29 is 14.6 Å². The Morgan fingerprint density at radius 1 is 1.24 bits per heavy atom. The van der Waals surface area contributed by atoms with Crippen LogP contribution in [0.3, 0.4) is 0 Å². The number of carboxylic acid groups (broad SMARTS) is 1. The van der Waals surface area contributed by atoms with E-state index in [1.54, 1.807) is 0 Å². The second-order valence-corrected chi connectivity index (χ2v) is 5.16. The minimum Gasteiger partial charge on any atom is -0.479 e. The van der Waals surface area contributed by atoms with Gasteiger partial charge in [0.05, 0.1) is 0 Å². The van der Waals surface area contributed by atoms with Crippen molar-refractivity contribution in [1.29, 1.82) is 0 Å². The maximum Gasteiger partial charge on any atom is 0.343 e. The van der Waals surface area contributed by atoms with Gasteiger partial charge in [-0.1, -0.05) is 42.7 Å². The highest BCUT2D eigenvalue weighted by atomic mass is 16.7. The van der Waals surface area contributed by atoms with Gasteiger partial charge in [-0.15, -0.1) is 0 Å². The van der Waals surface area contributed by atoms with Gasteiger partial charge in [0.1, 0.15) is 5.60 Å². The molecule has 1 aliphatic carbocycles. The normalized spacial score (nSPS) is 29.5. The van der Waals surface area contributed by atoms with Gasteiger partial charge in [0.2, 0.25) is 5.60 Å². The summed E-state index contributed by atoms with van der Waals surface area (Å²) in [5.74, 6) is -0.844. The molecule has 1 heterocycles. The number of carbonyl (C=O) groups is 1. The summed E-state index contributed by atoms with van der Waals surface area (Å²) in [7, 11) is 0. The molecule has 1 aliphatic heterocycles. The maximum absolute atomic E-state index is 11.6. The van der Waals surface area contributed by atoms with Crippen LogP contribution in [0.1, 0.15) is 36.8 Å². The lowest BCUT2D eigenvalue weighted by Crippen LogP contribution is -2.30. The Labute approximate surface area is 100 Å². The molecule has 1 N–H and O–H groups in total. The molecule has 1 aromatic carbocycles. The molecule has 1 atom stereocenters. The summed E-state index contributed by atoms with van der Waals surface area (Å²) in [5, 5.41) is 9.53. The first-order valence-corrected chi connectivity index (χ1v) is 6.11. The van der Waals surface area contributed by atoms with Gasteiger partial charge in [0.15, 0.2) is 0 Å². The first-order valence-electron chi connectivity index (χ1n) is 6.11. The third kappa shape index (κ3) is 1.29. The lowest BCUT2D eigenvalue weighted by atomic mass is 9.84. The molecule has 0 aromatic heterocycles. The average Bonchev–Trinajstić information content (AvgIpc) is 2.71. The number of epoxide rings is 1. The standard InChI is InChI=1S/C14H16O3/c1-10-4-6-11(7-5-10)14(12(15)16)13(17-14)8-2-3-9-13/h4-7H,2-3,8-9H2,1H3,(H,15,16). The van der Waals surface area contributed by atoms with Crippen LogP contribution in [0.4, 0.5) is 0 Å². The Balaban J connectivity index is 2.03. The number of rotatable bonds is 2. The molecule has 1 saturated carbocycles. The fourth-order valence-corrected chi connectivity index (χ4v) is 3.14. The number of hydrogen-bond donors (Lipinski definition) is 1. The molecule has 1 spiro atoms. The third-order valence-electron chi connectivity index (χ3n) is 4.12. The third-order valence-corrected chi connectivity index (χ3v) is 4.12. The molecule has 0 bridgehead atoms. The minimum absolute atomic E-state index is 0.423. The molecule has 1 saturated heterocycles. The lowest BCUT2D eigenvalue weighted by molar-refractivity contribution is -0.143. The van der Waals surface area contributed by atoms with Crippen molar-refractivity contribution in [2.45, 2.75) is 43.8 Å². The molecule has 2 aliphatic rings. The lowest BCUT2D eigenvalue weighted by Gasteiger charge is -2.12. The van der Waals surface area contributed by atoms with E-state index in [-0.39, 0.29) is 0 Å². The van der Waals surface area contributed by atoms with Crippen molar-refractivity contribution in [3.05, 3.63) is 35.4 Å². The van der Waals surface area contributed by atoms with E-state index >= 15 is 0 Å². The van der Waals surface area contributed by atoms with Crippen LogP contribution >= 0.6 is 0 Å². The van der Waals surface area contributed by atoms with Gasteiger partial charge in [-0.3, -0.25) is 0 Å². The van der Waals surface area contributed by atoms with Gasteiger partial charge in [-0.2, -0.15) is 0 Å². The number of aliphatic carboxylic acids is 1. The smallest absolute Gasteiger partial charge is 0.343 e. The number of carboxylic acids is 1. The Bertz CT molecular complexity index is 457. The zero-order valence-corrected chi connectivity index (χ0v) is 9.90. The Kier molecular flexibility index (Phi) is 2.11. The van der Waals surface area contributed by atoms with Gasteiger partial charge in [0, 0.05) is 0 Å². The fourth-order valence-electron chi connectivity index (χ4n) is 3.14. The first kappa shape index (κ1) is 10.8. The van der Waals surface area contributed by atoms with Crippen LogP contribution in [0, 0.1) is 6.92 Å². The highest BCUT2D eigenvalue weighted by molar-refractivity contribution is 5.85. The quantitative estimate of drug-likeness (QED) is 0.797. The highest BCUT2D eigenvalue weighted by Gasteiger charge is 2.76. The summed E-state index contributed by atoms with van der Waals surface area (Å²) in [5.41, 5.74) is 0.429.